The molecule has 27 heavy (non-hydrogen) atoms. The lowest BCUT2D eigenvalue weighted by Crippen LogP contribution is -2.32. The Kier molecular flexibility index (Phi) is 4.47. The lowest BCUT2D eigenvalue weighted by Gasteiger charge is -2.18. The summed E-state index contributed by atoms with van der Waals surface area (Å²) in [5, 5.41) is 9.73. The summed E-state index contributed by atoms with van der Waals surface area (Å²) in [6, 6.07) is 6.16. The minimum Gasteiger partial charge on any atom is -0.455 e. The summed E-state index contributed by atoms with van der Waals surface area (Å²) in [4.78, 5) is 23.7. The highest BCUT2D eigenvalue weighted by atomic mass is 19.1. The van der Waals surface area contributed by atoms with Crippen LogP contribution in [0.4, 0.5) is 4.39 Å². The SMILES string of the molecule is CN1N=C(C(=O)OCc2nn(-c3ccc(F)cc3)c3c2CCC3)CCC1=O. The Morgan fingerprint density at radius 2 is 1.96 bits per heavy atom. The van der Waals surface area contributed by atoms with Crippen molar-refractivity contribution in [1.29, 1.82) is 0 Å². The van der Waals surface area contributed by atoms with E-state index in [4.69, 9.17) is 4.74 Å². The van der Waals surface area contributed by atoms with E-state index < -0.39 is 5.97 Å². The highest BCUT2D eigenvalue weighted by Gasteiger charge is 2.26. The van der Waals surface area contributed by atoms with Gasteiger partial charge >= 0.3 is 5.97 Å². The Bertz CT molecular complexity index is 933. The smallest absolute Gasteiger partial charge is 0.354 e. The Hall–Kier alpha value is -3.03. The van der Waals surface area contributed by atoms with Crippen molar-refractivity contribution in [2.24, 2.45) is 5.10 Å². The first-order valence-corrected chi connectivity index (χ1v) is 8.89. The fourth-order valence-corrected chi connectivity index (χ4v) is 3.46. The molecule has 2 aromatic rings. The second kappa shape index (κ2) is 6.94. The van der Waals surface area contributed by atoms with Crippen molar-refractivity contribution in [2.45, 2.75) is 38.7 Å². The summed E-state index contributed by atoms with van der Waals surface area (Å²) in [5.41, 5.74) is 3.90. The standard InChI is InChI=1S/C19H19FN4O3/c1-23-18(25)10-9-15(21-23)19(26)27-11-16-14-3-2-4-17(14)24(22-16)13-7-5-12(20)6-8-13/h5-8H,2-4,9-11H2,1H3. The zero-order valence-corrected chi connectivity index (χ0v) is 14.9. The van der Waals surface area contributed by atoms with Crippen molar-refractivity contribution in [1.82, 2.24) is 14.8 Å². The number of halogens is 1. The number of ether oxygens (including phenoxy) is 1. The lowest BCUT2D eigenvalue weighted by atomic mass is 10.2. The number of hydrogen-bond donors (Lipinski definition) is 0. The molecule has 0 saturated heterocycles. The van der Waals surface area contributed by atoms with E-state index >= 15 is 0 Å². The Morgan fingerprint density at radius 1 is 1.19 bits per heavy atom. The number of rotatable bonds is 4. The van der Waals surface area contributed by atoms with E-state index in [1.54, 1.807) is 16.8 Å². The third-order valence-corrected chi connectivity index (χ3v) is 4.87. The summed E-state index contributed by atoms with van der Waals surface area (Å²) in [5.74, 6) is -0.951. The molecular weight excluding hydrogens is 351 g/mol. The molecule has 1 aromatic carbocycles. The van der Waals surface area contributed by atoms with Crippen LogP contribution in [0.2, 0.25) is 0 Å². The van der Waals surface area contributed by atoms with E-state index in [0.29, 0.717) is 5.69 Å². The van der Waals surface area contributed by atoms with E-state index in [0.717, 1.165) is 36.2 Å². The first kappa shape index (κ1) is 17.4. The second-order valence-corrected chi connectivity index (χ2v) is 6.65. The van der Waals surface area contributed by atoms with Gasteiger partial charge in [0.1, 0.15) is 23.8 Å². The average Bonchev–Trinajstić information content (AvgIpc) is 3.26. The van der Waals surface area contributed by atoms with Crippen LogP contribution in [0.15, 0.2) is 29.4 Å². The van der Waals surface area contributed by atoms with Gasteiger partial charge in [0.2, 0.25) is 5.91 Å². The predicted octanol–water partition coefficient (Wildman–Crippen LogP) is 2.15. The van der Waals surface area contributed by atoms with Crippen LogP contribution in [0.1, 0.15) is 36.2 Å². The van der Waals surface area contributed by atoms with Crippen molar-refractivity contribution in [3.8, 4) is 5.69 Å². The van der Waals surface area contributed by atoms with Crippen molar-refractivity contribution >= 4 is 17.6 Å². The van der Waals surface area contributed by atoms with Gasteiger partial charge in [-0.3, -0.25) is 4.79 Å². The van der Waals surface area contributed by atoms with Gasteiger partial charge in [-0.2, -0.15) is 10.2 Å². The number of benzene rings is 1. The predicted molar refractivity (Wildman–Crippen MR) is 94.8 cm³/mol. The summed E-state index contributed by atoms with van der Waals surface area (Å²) in [6.07, 6.45) is 3.30. The maximum atomic E-state index is 13.2. The number of carbonyl (C=O) groups excluding carboxylic acids is 2. The van der Waals surface area contributed by atoms with Crippen molar-refractivity contribution in [3.05, 3.63) is 47.0 Å². The van der Waals surface area contributed by atoms with Crippen LogP contribution in [0.5, 0.6) is 0 Å². The summed E-state index contributed by atoms with van der Waals surface area (Å²) < 4.78 is 20.4. The molecule has 2 aliphatic rings. The van der Waals surface area contributed by atoms with Gasteiger partial charge in [0.15, 0.2) is 0 Å². The molecule has 8 heteroatoms. The van der Waals surface area contributed by atoms with Gasteiger partial charge in [-0.15, -0.1) is 0 Å². The molecular formula is C19H19FN4O3. The molecule has 7 nitrogen and oxygen atoms in total. The normalized spacial score (nSPS) is 16.3. The number of esters is 1. The van der Waals surface area contributed by atoms with Crippen LogP contribution < -0.4 is 0 Å². The molecule has 0 radical (unpaired) electrons. The fourth-order valence-electron chi connectivity index (χ4n) is 3.46. The minimum atomic E-state index is -0.530. The molecule has 0 unspecified atom stereocenters. The molecule has 0 atom stereocenters. The molecule has 0 N–H and O–H groups in total. The van der Waals surface area contributed by atoms with Gasteiger partial charge in [0, 0.05) is 31.1 Å². The van der Waals surface area contributed by atoms with E-state index in [2.05, 4.69) is 10.2 Å². The average molecular weight is 370 g/mol. The highest BCUT2D eigenvalue weighted by molar-refractivity contribution is 6.37. The number of hydrogen-bond acceptors (Lipinski definition) is 5. The van der Waals surface area contributed by atoms with Crippen LogP contribution in [-0.4, -0.2) is 39.4 Å². The zero-order valence-electron chi connectivity index (χ0n) is 14.9. The van der Waals surface area contributed by atoms with Gasteiger partial charge in [-0.1, -0.05) is 0 Å². The molecule has 1 aliphatic heterocycles. The zero-order chi connectivity index (χ0) is 19.0. The molecule has 4 rings (SSSR count). The van der Waals surface area contributed by atoms with Crippen LogP contribution in [0.3, 0.4) is 0 Å². The molecule has 140 valence electrons. The summed E-state index contributed by atoms with van der Waals surface area (Å²) >= 11 is 0. The summed E-state index contributed by atoms with van der Waals surface area (Å²) in [6.45, 7) is 0.0477. The van der Waals surface area contributed by atoms with Gasteiger partial charge in [-0.05, 0) is 43.5 Å². The van der Waals surface area contributed by atoms with Gasteiger partial charge in [0.05, 0.1) is 5.69 Å². The van der Waals surface area contributed by atoms with E-state index in [-0.39, 0.29) is 36.9 Å². The van der Waals surface area contributed by atoms with Gasteiger partial charge < -0.3 is 4.74 Å². The van der Waals surface area contributed by atoms with E-state index in [9.17, 15) is 14.0 Å². The number of fused-ring (bicyclic) bond motifs is 1. The molecule has 0 saturated carbocycles. The van der Waals surface area contributed by atoms with E-state index in [1.165, 1.54) is 24.2 Å². The number of amides is 1. The molecule has 0 bridgehead atoms. The van der Waals surface area contributed by atoms with Crippen LogP contribution in [0.25, 0.3) is 5.69 Å². The third kappa shape index (κ3) is 3.34. The van der Waals surface area contributed by atoms with Crippen molar-refractivity contribution in [2.75, 3.05) is 7.05 Å². The maximum Gasteiger partial charge on any atom is 0.354 e. The van der Waals surface area contributed by atoms with Crippen LogP contribution in [-0.2, 0) is 33.8 Å². The van der Waals surface area contributed by atoms with Gasteiger partial charge in [0.25, 0.3) is 0 Å². The van der Waals surface area contributed by atoms with Crippen LogP contribution >= 0.6 is 0 Å². The lowest BCUT2D eigenvalue weighted by molar-refractivity contribution is -0.137. The third-order valence-electron chi connectivity index (χ3n) is 4.87. The number of nitrogens with zero attached hydrogens (tertiary/aromatic N) is 4. The highest BCUT2D eigenvalue weighted by Crippen LogP contribution is 2.28. The quantitative estimate of drug-likeness (QED) is 0.773. The van der Waals surface area contributed by atoms with Gasteiger partial charge in [-0.25, -0.2) is 18.9 Å². The fraction of sp³-hybridized carbons (Fsp3) is 0.368. The molecule has 1 aliphatic carbocycles. The summed E-state index contributed by atoms with van der Waals surface area (Å²) in [7, 11) is 1.52. The largest absolute Gasteiger partial charge is 0.455 e. The first-order chi connectivity index (χ1) is 13.0. The Labute approximate surface area is 155 Å². The number of hydrazone groups is 1. The number of carbonyl (C=O) groups is 2. The molecule has 0 spiro atoms. The van der Waals surface area contributed by atoms with Crippen molar-refractivity contribution in [3.63, 3.8) is 0 Å². The maximum absolute atomic E-state index is 13.2. The topological polar surface area (TPSA) is 76.8 Å². The minimum absolute atomic E-state index is 0.0477. The Balaban J connectivity index is 1.52. The molecule has 1 amide bonds. The van der Waals surface area contributed by atoms with Crippen LogP contribution in [0, 0.1) is 5.82 Å². The molecule has 0 fully saturated rings. The molecule has 2 heterocycles. The Morgan fingerprint density at radius 3 is 2.70 bits per heavy atom. The monoisotopic (exact) mass is 370 g/mol. The van der Waals surface area contributed by atoms with Crippen molar-refractivity contribution < 1.29 is 18.7 Å². The second-order valence-electron chi connectivity index (χ2n) is 6.65. The molecule has 1 aromatic heterocycles. The first-order valence-electron chi connectivity index (χ1n) is 8.89. The van der Waals surface area contributed by atoms with E-state index in [1.807, 2.05) is 0 Å². The number of aromatic nitrogens is 2.